The van der Waals surface area contributed by atoms with Crippen LogP contribution in [0, 0.1) is 19.8 Å². The monoisotopic (exact) mass is 603 g/mol. The Morgan fingerprint density at radius 2 is 1.63 bits per heavy atom. The van der Waals surface area contributed by atoms with Gasteiger partial charge in [0.05, 0.1) is 10.6 Å². The first-order valence-electron chi connectivity index (χ1n) is 15.5. The summed E-state index contributed by atoms with van der Waals surface area (Å²) in [6.45, 7) is 8.47. The third-order valence-corrected chi connectivity index (χ3v) is 10.4. The number of benzene rings is 2. The molecule has 2 heterocycles. The van der Waals surface area contributed by atoms with Crippen molar-refractivity contribution in [3.63, 3.8) is 0 Å². The molecule has 2 aromatic carbocycles. The van der Waals surface area contributed by atoms with Gasteiger partial charge in [-0.1, -0.05) is 38.1 Å². The number of aryl methyl sites for hydroxylation is 3. The highest BCUT2D eigenvalue weighted by atomic mass is 32.2. The van der Waals surface area contributed by atoms with E-state index in [0.717, 1.165) is 60.9 Å². The zero-order chi connectivity index (χ0) is 30.9. The van der Waals surface area contributed by atoms with Crippen molar-refractivity contribution in [2.24, 2.45) is 5.92 Å². The van der Waals surface area contributed by atoms with Crippen LogP contribution in [0.3, 0.4) is 0 Å². The third-order valence-electron chi connectivity index (χ3n) is 9.03. The third kappa shape index (κ3) is 6.93. The zero-order valence-electron chi connectivity index (χ0n) is 26.3. The maximum Gasteiger partial charge on any atom is 0.264 e. The van der Waals surface area contributed by atoms with Gasteiger partial charge in [0.25, 0.3) is 15.9 Å². The van der Waals surface area contributed by atoms with Gasteiger partial charge < -0.3 is 9.80 Å². The molecule has 0 unspecified atom stereocenters. The molecule has 1 aliphatic heterocycles. The van der Waals surface area contributed by atoms with Crippen LogP contribution in [0.25, 0.3) is 11.3 Å². The summed E-state index contributed by atoms with van der Waals surface area (Å²) >= 11 is 0. The highest BCUT2D eigenvalue weighted by Crippen LogP contribution is 2.33. The Balaban J connectivity index is 1.63. The summed E-state index contributed by atoms with van der Waals surface area (Å²) in [6.07, 6.45) is 6.10. The topological polar surface area (TPSA) is 95.5 Å². The van der Waals surface area contributed by atoms with Gasteiger partial charge in [-0.05, 0) is 114 Å². The summed E-state index contributed by atoms with van der Waals surface area (Å²) in [6, 6.07) is 15.1. The molecule has 1 atom stereocenters. The summed E-state index contributed by atoms with van der Waals surface area (Å²) in [5, 5.41) is 0. The Bertz CT molecular complexity index is 1560. The molecule has 0 spiro atoms. The van der Waals surface area contributed by atoms with Crippen LogP contribution in [0.1, 0.15) is 79.6 Å². The van der Waals surface area contributed by atoms with Crippen LogP contribution >= 0.6 is 0 Å². The highest BCUT2D eigenvalue weighted by Gasteiger charge is 2.35. The summed E-state index contributed by atoms with van der Waals surface area (Å²) in [5.41, 5.74) is 4.95. The van der Waals surface area contributed by atoms with Crippen molar-refractivity contribution < 1.29 is 13.2 Å². The van der Waals surface area contributed by atoms with E-state index in [2.05, 4.69) is 42.5 Å². The Kier molecular flexibility index (Phi) is 9.23. The lowest BCUT2D eigenvalue weighted by molar-refractivity contribution is 0.0409. The van der Waals surface area contributed by atoms with Gasteiger partial charge in [-0.3, -0.25) is 4.79 Å². The van der Waals surface area contributed by atoms with E-state index in [9.17, 15) is 13.2 Å². The average Bonchev–Trinajstić information content (AvgIpc) is 2.95. The summed E-state index contributed by atoms with van der Waals surface area (Å²) in [4.78, 5) is 28.2. The van der Waals surface area contributed by atoms with Crippen molar-refractivity contribution in [2.75, 3.05) is 18.8 Å². The molecule has 1 saturated carbocycles. The number of nitrogens with zero attached hydrogens (tertiary/aromatic N) is 4. The number of aromatic nitrogens is 2. The van der Waals surface area contributed by atoms with E-state index in [0.29, 0.717) is 29.6 Å². The minimum Gasteiger partial charge on any atom is -0.333 e. The fourth-order valence-electron chi connectivity index (χ4n) is 6.85. The number of rotatable bonds is 5. The van der Waals surface area contributed by atoms with Crippen molar-refractivity contribution in [2.45, 2.75) is 95.7 Å². The maximum absolute atomic E-state index is 14.4. The van der Waals surface area contributed by atoms with Crippen LogP contribution < -0.4 is 4.72 Å². The zero-order valence-corrected chi connectivity index (χ0v) is 27.1. The number of fused-ring (bicyclic) bond motifs is 4. The van der Waals surface area contributed by atoms with E-state index in [1.165, 1.54) is 12.1 Å². The average molecular weight is 604 g/mol. The molecule has 1 aliphatic carbocycles. The predicted octanol–water partition coefficient (Wildman–Crippen LogP) is 6.24. The van der Waals surface area contributed by atoms with Crippen molar-refractivity contribution in [1.82, 2.24) is 19.8 Å². The normalized spacial score (nSPS) is 22.5. The second-order valence-corrected chi connectivity index (χ2v) is 14.6. The van der Waals surface area contributed by atoms with Gasteiger partial charge in [-0.25, -0.2) is 23.1 Å². The summed E-state index contributed by atoms with van der Waals surface area (Å²) in [5.74, 6) is 0.336. The molecule has 1 N–H and O–H groups in total. The smallest absolute Gasteiger partial charge is 0.264 e. The first-order valence-corrected chi connectivity index (χ1v) is 17.0. The molecule has 1 amide bonds. The van der Waals surface area contributed by atoms with Crippen LogP contribution in [-0.2, 0) is 16.4 Å². The quantitative estimate of drug-likeness (QED) is 0.371. The van der Waals surface area contributed by atoms with Gasteiger partial charge in [-0.2, -0.15) is 0 Å². The van der Waals surface area contributed by atoms with E-state index in [-0.39, 0.29) is 28.8 Å². The summed E-state index contributed by atoms with van der Waals surface area (Å²) in [7, 11) is 0.205. The first-order chi connectivity index (χ1) is 20.4. The van der Waals surface area contributed by atoms with Crippen LogP contribution in [0.15, 0.2) is 53.4 Å². The van der Waals surface area contributed by atoms with Crippen LogP contribution in [0.4, 0.5) is 5.95 Å². The van der Waals surface area contributed by atoms with Crippen molar-refractivity contribution in [1.29, 1.82) is 0 Å². The lowest BCUT2D eigenvalue weighted by Gasteiger charge is -2.43. The van der Waals surface area contributed by atoms with E-state index in [1.807, 2.05) is 38.1 Å². The fourth-order valence-corrected chi connectivity index (χ4v) is 7.84. The molecule has 1 aromatic heterocycles. The second kappa shape index (κ2) is 12.7. The first kappa shape index (κ1) is 31.1. The maximum atomic E-state index is 14.4. The van der Waals surface area contributed by atoms with E-state index < -0.39 is 10.0 Å². The standard InChI is InChI=1S/C34H45N5O3S/c1-22(2)19-29-14-13-26-21-31(32-23(3)9-7-10-24(32)4)36-34(35-26)37-43(41,42)30-12-8-11-25(20-30)33(40)39(29)28-17-15-27(16-18-28)38(5)6/h7-12,20-22,27-29H,13-19H2,1-6H3,(H,35,36,37)/t27?,28?,29-/m0/s1. The number of nitrogens with one attached hydrogen (secondary N) is 1. The Labute approximate surface area is 257 Å². The van der Waals surface area contributed by atoms with Crippen LogP contribution in [-0.4, -0.2) is 66.3 Å². The van der Waals surface area contributed by atoms with Crippen LogP contribution in [0.2, 0.25) is 0 Å². The number of amides is 1. The van der Waals surface area contributed by atoms with Crippen molar-refractivity contribution in [3.8, 4) is 11.3 Å². The molecule has 5 rings (SSSR count). The van der Waals surface area contributed by atoms with Gasteiger partial charge in [0.2, 0.25) is 5.95 Å². The van der Waals surface area contributed by atoms with Crippen molar-refractivity contribution >= 4 is 21.9 Å². The van der Waals surface area contributed by atoms with Gasteiger partial charge >= 0.3 is 0 Å². The number of carbonyl (C=O) groups is 1. The Morgan fingerprint density at radius 1 is 0.953 bits per heavy atom. The fraction of sp³-hybridized carbons (Fsp3) is 0.500. The molecule has 4 bridgehead atoms. The molecule has 0 saturated heterocycles. The molecular formula is C34H45N5O3S. The van der Waals surface area contributed by atoms with E-state index in [1.54, 1.807) is 12.1 Å². The highest BCUT2D eigenvalue weighted by molar-refractivity contribution is 7.92. The van der Waals surface area contributed by atoms with Gasteiger partial charge in [0, 0.05) is 34.9 Å². The molecule has 3 aromatic rings. The minimum atomic E-state index is -4.04. The van der Waals surface area contributed by atoms with Gasteiger partial charge in [0.1, 0.15) is 0 Å². The molecule has 1 fully saturated rings. The second-order valence-electron chi connectivity index (χ2n) is 12.9. The number of anilines is 1. The van der Waals surface area contributed by atoms with Crippen molar-refractivity contribution in [3.05, 3.63) is 70.9 Å². The summed E-state index contributed by atoms with van der Waals surface area (Å²) < 4.78 is 29.9. The predicted molar refractivity (Wildman–Crippen MR) is 172 cm³/mol. The largest absolute Gasteiger partial charge is 0.333 e. The molecule has 43 heavy (non-hydrogen) atoms. The van der Waals surface area contributed by atoms with E-state index >= 15 is 0 Å². The molecule has 0 radical (unpaired) electrons. The SMILES string of the molecule is Cc1cccc(C)c1-c1cc2nc(n1)NS(=O)(=O)c1cccc(c1)C(=O)N(C1CCC(N(C)C)CC1)[C@H](CC(C)C)CC2. The van der Waals surface area contributed by atoms with Crippen LogP contribution in [0.5, 0.6) is 0 Å². The lowest BCUT2D eigenvalue weighted by atomic mass is 9.86. The minimum absolute atomic E-state index is 0.00977. The molecule has 9 heteroatoms. The number of sulfonamides is 1. The number of hydrogen-bond acceptors (Lipinski definition) is 6. The molecule has 8 nitrogen and oxygen atoms in total. The molecular weight excluding hydrogens is 558 g/mol. The number of hydrogen-bond donors (Lipinski definition) is 1. The molecule has 230 valence electrons. The Morgan fingerprint density at radius 3 is 2.28 bits per heavy atom. The van der Waals surface area contributed by atoms with Gasteiger partial charge in [0.15, 0.2) is 0 Å². The number of carbonyl (C=O) groups excluding carboxylic acids is 1. The van der Waals surface area contributed by atoms with E-state index in [4.69, 9.17) is 9.97 Å². The van der Waals surface area contributed by atoms with Gasteiger partial charge in [-0.15, -0.1) is 0 Å². The lowest BCUT2D eigenvalue weighted by Crippen LogP contribution is -2.50. The molecule has 2 aliphatic rings. The Hall–Kier alpha value is -3.30.